The van der Waals surface area contributed by atoms with Gasteiger partial charge in [0.15, 0.2) is 0 Å². The van der Waals surface area contributed by atoms with Crippen LogP contribution in [0.25, 0.3) is 5.76 Å². The van der Waals surface area contributed by atoms with Crippen molar-refractivity contribution in [1.29, 1.82) is 0 Å². The lowest BCUT2D eigenvalue weighted by Crippen LogP contribution is -2.29. The Morgan fingerprint density at radius 1 is 0.921 bits per heavy atom. The van der Waals surface area contributed by atoms with Crippen LogP contribution in [-0.4, -0.2) is 43.6 Å². The lowest BCUT2D eigenvalue weighted by atomic mass is 9.94. The Bertz CT molecular complexity index is 1370. The fourth-order valence-electron chi connectivity index (χ4n) is 4.29. The molecular formula is C30H29NO7. The molecule has 1 fully saturated rings. The van der Waals surface area contributed by atoms with Crippen LogP contribution in [0, 0.1) is 5.92 Å². The number of anilines is 1. The van der Waals surface area contributed by atoms with E-state index in [-0.39, 0.29) is 11.3 Å². The molecule has 1 N–H and O–H groups in total. The highest BCUT2D eigenvalue weighted by Crippen LogP contribution is 2.45. The van der Waals surface area contributed by atoms with Crippen LogP contribution in [0.2, 0.25) is 0 Å². The van der Waals surface area contributed by atoms with Gasteiger partial charge in [-0.05, 0) is 60.5 Å². The first-order valence-corrected chi connectivity index (χ1v) is 12.1. The zero-order valence-electron chi connectivity index (χ0n) is 21.6. The number of para-hydroxylation sites is 1. The molecule has 1 aliphatic heterocycles. The van der Waals surface area contributed by atoms with E-state index < -0.39 is 23.7 Å². The van der Waals surface area contributed by atoms with Crippen molar-refractivity contribution in [2.45, 2.75) is 19.9 Å². The van der Waals surface area contributed by atoms with Crippen LogP contribution in [0.3, 0.4) is 0 Å². The van der Waals surface area contributed by atoms with Gasteiger partial charge in [-0.15, -0.1) is 0 Å². The summed E-state index contributed by atoms with van der Waals surface area (Å²) in [5.74, 6) is -1.08. The number of carbonyl (C=O) groups is 3. The van der Waals surface area contributed by atoms with Crippen LogP contribution in [0.15, 0.2) is 78.4 Å². The molecule has 1 unspecified atom stereocenters. The summed E-state index contributed by atoms with van der Waals surface area (Å²) in [6.45, 7) is 4.62. The zero-order chi connectivity index (χ0) is 27.4. The molecule has 3 aromatic carbocycles. The fraction of sp³-hybridized carbons (Fsp3) is 0.233. The minimum absolute atomic E-state index is 0.0765. The second-order valence-corrected chi connectivity index (χ2v) is 9.18. The predicted molar refractivity (Wildman–Crippen MR) is 142 cm³/mol. The molecule has 0 aliphatic carbocycles. The Morgan fingerprint density at radius 3 is 2.16 bits per heavy atom. The van der Waals surface area contributed by atoms with Crippen molar-refractivity contribution in [3.05, 3.63) is 95.1 Å². The lowest BCUT2D eigenvalue weighted by molar-refractivity contribution is -0.132. The van der Waals surface area contributed by atoms with Crippen molar-refractivity contribution in [3.63, 3.8) is 0 Å². The Labute approximate surface area is 221 Å². The number of aliphatic hydroxyl groups is 1. The quantitative estimate of drug-likeness (QED) is 0.192. The minimum Gasteiger partial charge on any atom is -0.507 e. The molecule has 8 nitrogen and oxygen atoms in total. The van der Waals surface area contributed by atoms with Crippen molar-refractivity contribution in [2.24, 2.45) is 5.92 Å². The van der Waals surface area contributed by atoms with E-state index in [0.717, 1.165) is 0 Å². The van der Waals surface area contributed by atoms with Crippen LogP contribution in [0.4, 0.5) is 5.69 Å². The summed E-state index contributed by atoms with van der Waals surface area (Å²) in [7, 11) is 2.77. The molecule has 196 valence electrons. The van der Waals surface area contributed by atoms with Gasteiger partial charge in [0.05, 0.1) is 38.0 Å². The zero-order valence-corrected chi connectivity index (χ0v) is 21.6. The number of rotatable bonds is 8. The number of nitrogens with zero attached hydrogens (tertiary/aromatic N) is 1. The number of ketones is 1. The van der Waals surface area contributed by atoms with E-state index in [2.05, 4.69) is 0 Å². The highest BCUT2D eigenvalue weighted by Gasteiger charge is 2.48. The van der Waals surface area contributed by atoms with Crippen molar-refractivity contribution >= 4 is 29.1 Å². The van der Waals surface area contributed by atoms with E-state index in [1.165, 1.54) is 31.3 Å². The molecule has 0 radical (unpaired) electrons. The highest BCUT2D eigenvalue weighted by atomic mass is 16.5. The predicted octanol–water partition coefficient (Wildman–Crippen LogP) is 5.14. The van der Waals surface area contributed by atoms with Gasteiger partial charge >= 0.3 is 5.97 Å². The van der Waals surface area contributed by atoms with Crippen molar-refractivity contribution in [1.82, 2.24) is 0 Å². The molecule has 1 heterocycles. The van der Waals surface area contributed by atoms with Gasteiger partial charge in [0.1, 0.15) is 17.3 Å². The molecule has 0 spiro atoms. The van der Waals surface area contributed by atoms with E-state index in [9.17, 15) is 19.5 Å². The monoisotopic (exact) mass is 515 g/mol. The van der Waals surface area contributed by atoms with Gasteiger partial charge < -0.3 is 19.3 Å². The molecule has 4 rings (SSSR count). The van der Waals surface area contributed by atoms with Crippen LogP contribution >= 0.6 is 0 Å². The third kappa shape index (κ3) is 5.11. The normalized spacial score (nSPS) is 16.6. The number of hydrogen-bond acceptors (Lipinski definition) is 7. The van der Waals surface area contributed by atoms with Crippen LogP contribution in [0.5, 0.6) is 11.5 Å². The maximum absolute atomic E-state index is 13.4. The van der Waals surface area contributed by atoms with Crippen LogP contribution in [0.1, 0.15) is 41.4 Å². The van der Waals surface area contributed by atoms with Gasteiger partial charge in [0.25, 0.3) is 11.7 Å². The number of amides is 1. The molecule has 1 atom stereocenters. The van der Waals surface area contributed by atoms with Crippen LogP contribution in [-0.2, 0) is 14.3 Å². The SMILES string of the molecule is COC(=O)c1ccc(N2C(=O)C(=O)/C(=C(/O)c3ccc(OCC(C)C)cc3)C2c2ccccc2OC)cc1. The van der Waals surface area contributed by atoms with Gasteiger partial charge in [0.2, 0.25) is 0 Å². The average Bonchev–Trinajstić information content (AvgIpc) is 3.21. The number of methoxy groups -OCH3 is 2. The van der Waals surface area contributed by atoms with E-state index in [4.69, 9.17) is 14.2 Å². The maximum atomic E-state index is 13.4. The number of esters is 1. The molecule has 1 saturated heterocycles. The standard InChI is InChI=1S/C30H29NO7/c1-18(2)17-38-22-15-11-19(12-16-22)27(32)25-26(23-7-5-6-8-24(23)36-3)31(29(34)28(25)33)21-13-9-20(10-14-21)30(35)37-4/h5-16,18,26,32H,17H2,1-4H3/b27-25+. The second kappa shape index (κ2) is 11.2. The number of Topliss-reactive ketones (excluding diaryl/α,β-unsaturated/α-hetero) is 1. The van der Waals surface area contributed by atoms with Crippen molar-refractivity contribution in [2.75, 3.05) is 25.7 Å². The smallest absolute Gasteiger partial charge is 0.337 e. The molecule has 0 saturated carbocycles. The van der Waals surface area contributed by atoms with Gasteiger partial charge in [-0.25, -0.2) is 4.79 Å². The summed E-state index contributed by atoms with van der Waals surface area (Å²) in [6.07, 6.45) is 0. The summed E-state index contributed by atoms with van der Waals surface area (Å²) in [5, 5.41) is 11.4. The van der Waals surface area contributed by atoms with Gasteiger partial charge in [-0.3, -0.25) is 14.5 Å². The highest BCUT2D eigenvalue weighted by molar-refractivity contribution is 6.51. The summed E-state index contributed by atoms with van der Waals surface area (Å²) in [5.41, 5.74) is 1.46. The summed E-state index contributed by atoms with van der Waals surface area (Å²) in [4.78, 5) is 40.0. The second-order valence-electron chi connectivity index (χ2n) is 9.18. The fourth-order valence-corrected chi connectivity index (χ4v) is 4.29. The maximum Gasteiger partial charge on any atom is 0.337 e. The van der Waals surface area contributed by atoms with Crippen LogP contribution < -0.4 is 14.4 Å². The average molecular weight is 516 g/mol. The first-order valence-electron chi connectivity index (χ1n) is 12.1. The van der Waals surface area contributed by atoms with Gasteiger partial charge in [0, 0.05) is 16.8 Å². The van der Waals surface area contributed by atoms with Gasteiger partial charge in [-0.2, -0.15) is 0 Å². The first kappa shape index (κ1) is 26.5. The lowest BCUT2D eigenvalue weighted by Gasteiger charge is -2.26. The molecule has 1 aliphatic rings. The number of aliphatic hydroxyl groups excluding tert-OH is 1. The number of ether oxygens (including phenoxy) is 3. The number of benzene rings is 3. The minimum atomic E-state index is -0.980. The molecule has 0 aromatic heterocycles. The Morgan fingerprint density at radius 2 is 1.55 bits per heavy atom. The van der Waals surface area contributed by atoms with Gasteiger partial charge in [-0.1, -0.05) is 32.0 Å². The number of hydrogen-bond donors (Lipinski definition) is 1. The summed E-state index contributed by atoms with van der Waals surface area (Å²) >= 11 is 0. The van der Waals surface area contributed by atoms with Crippen molar-refractivity contribution < 1.29 is 33.7 Å². The summed E-state index contributed by atoms with van der Waals surface area (Å²) in [6, 6.07) is 18.8. The molecule has 1 amide bonds. The molecule has 8 heteroatoms. The topological polar surface area (TPSA) is 102 Å². The third-order valence-corrected chi connectivity index (χ3v) is 6.16. The van der Waals surface area contributed by atoms with E-state index in [0.29, 0.717) is 46.4 Å². The Hall–Kier alpha value is -4.59. The van der Waals surface area contributed by atoms with E-state index in [1.807, 2.05) is 13.8 Å². The molecule has 0 bridgehead atoms. The molecule has 38 heavy (non-hydrogen) atoms. The molecular weight excluding hydrogens is 486 g/mol. The van der Waals surface area contributed by atoms with E-state index >= 15 is 0 Å². The van der Waals surface area contributed by atoms with Crippen molar-refractivity contribution in [3.8, 4) is 11.5 Å². The summed E-state index contributed by atoms with van der Waals surface area (Å²) < 4.78 is 16.0. The van der Waals surface area contributed by atoms with E-state index in [1.54, 1.807) is 60.7 Å². The largest absolute Gasteiger partial charge is 0.507 e. The first-order chi connectivity index (χ1) is 18.3. The molecule has 3 aromatic rings. The Kier molecular flexibility index (Phi) is 7.81. The number of carbonyl (C=O) groups excluding carboxylic acids is 3. The Balaban J connectivity index is 1.84. The third-order valence-electron chi connectivity index (χ3n) is 6.16.